The molecule has 2 aromatic carbocycles. The number of pyridine rings is 1. The van der Waals surface area contributed by atoms with Gasteiger partial charge in [-0.25, -0.2) is 0 Å². The van der Waals surface area contributed by atoms with Crippen molar-refractivity contribution in [2.24, 2.45) is 7.05 Å². The molecule has 6 nitrogen and oxygen atoms in total. The fourth-order valence-electron chi connectivity index (χ4n) is 3.78. The molecule has 5 rings (SSSR count). The number of hydrogen-bond acceptors (Lipinski definition) is 3. The maximum atomic E-state index is 12.7. The van der Waals surface area contributed by atoms with Gasteiger partial charge in [0.25, 0.3) is 5.56 Å². The predicted octanol–water partition coefficient (Wildman–Crippen LogP) is 4.15. The maximum absolute atomic E-state index is 12.7. The van der Waals surface area contributed by atoms with E-state index in [0.29, 0.717) is 6.54 Å². The van der Waals surface area contributed by atoms with Gasteiger partial charge in [-0.3, -0.25) is 14.6 Å². The van der Waals surface area contributed by atoms with Crippen LogP contribution in [-0.2, 0) is 13.6 Å². The van der Waals surface area contributed by atoms with E-state index in [9.17, 15) is 4.79 Å². The van der Waals surface area contributed by atoms with Crippen molar-refractivity contribution in [2.45, 2.75) is 13.5 Å². The molecule has 148 valence electrons. The Labute approximate surface area is 173 Å². The summed E-state index contributed by atoms with van der Waals surface area (Å²) in [6.07, 6.45) is 5.60. The highest BCUT2D eigenvalue weighted by atomic mass is 16.1. The number of nitrogens with one attached hydrogen (secondary N) is 1. The van der Waals surface area contributed by atoms with Crippen LogP contribution in [-0.4, -0.2) is 24.5 Å². The van der Waals surface area contributed by atoms with E-state index in [2.05, 4.69) is 40.4 Å². The molecule has 0 fully saturated rings. The fourth-order valence-corrected chi connectivity index (χ4v) is 3.78. The number of nitrogens with zero attached hydrogens (tertiary/aromatic N) is 4. The van der Waals surface area contributed by atoms with Crippen molar-refractivity contribution >= 4 is 10.9 Å². The van der Waals surface area contributed by atoms with Crippen LogP contribution >= 0.6 is 0 Å². The summed E-state index contributed by atoms with van der Waals surface area (Å²) < 4.78 is 3.49. The topological polar surface area (TPSA) is 68.5 Å². The molecular weight excluding hydrogens is 374 g/mol. The Morgan fingerprint density at radius 1 is 1.00 bits per heavy atom. The monoisotopic (exact) mass is 395 g/mol. The van der Waals surface area contributed by atoms with E-state index in [4.69, 9.17) is 0 Å². The minimum atomic E-state index is -0.0196. The number of fused-ring (bicyclic) bond motifs is 1. The SMILES string of the molecule is Cc1cccc(Cn2ccc(-c3ccc4[nH]nc(-c5cnn(C)c5)c4c3)cc2=O)c1. The summed E-state index contributed by atoms with van der Waals surface area (Å²) in [5, 5.41) is 12.8. The molecule has 30 heavy (non-hydrogen) atoms. The van der Waals surface area contributed by atoms with E-state index in [-0.39, 0.29) is 5.56 Å². The standard InChI is InChI=1S/C24H21N5O/c1-16-4-3-5-17(10-16)14-29-9-8-19(12-23(29)30)18-6-7-22-21(11-18)24(27-26-22)20-13-25-28(2)15-20/h3-13,15H,14H2,1-2H3,(H,26,27). The Kier molecular flexibility index (Phi) is 4.32. The van der Waals surface area contributed by atoms with E-state index in [1.165, 1.54) is 5.56 Å². The van der Waals surface area contributed by atoms with Crippen LogP contribution in [0.15, 0.2) is 78.0 Å². The molecular formula is C24H21N5O. The van der Waals surface area contributed by atoms with Gasteiger partial charge in [-0.2, -0.15) is 10.2 Å². The summed E-state index contributed by atoms with van der Waals surface area (Å²) in [6, 6.07) is 18.0. The smallest absolute Gasteiger partial charge is 0.251 e. The zero-order chi connectivity index (χ0) is 20.7. The van der Waals surface area contributed by atoms with Gasteiger partial charge in [-0.15, -0.1) is 0 Å². The summed E-state index contributed by atoms with van der Waals surface area (Å²) in [5.74, 6) is 0. The van der Waals surface area contributed by atoms with Gasteiger partial charge in [0.1, 0.15) is 5.69 Å². The molecule has 0 atom stereocenters. The third kappa shape index (κ3) is 3.33. The summed E-state index contributed by atoms with van der Waals surface area (Å²) in [7, 11) is 1.88. The summed E-state index contributed by atoms with van der Waals surface area (Å²) in [4.78, 5) is 12.7. The van der Waals surface area contributed by atoms with Crippen molar-refractivity contribution in [3.05, 3.63) is 94.7 Å². The summed E-state index contributed by atoms with van der Waals surface area (Å²) >= 11 is 0. The number of hydrogen-bond donors (Lipinski definition) is 1. The number of aryl methyl sites for hydroxylation is 2. The minimum Gasteiger partial charge on any atom is -0.311 e. The molecule has 0 unspecified atom stereocenters. The number of aromatic nitrogens is 5. The lowest BCUT2D eigenvalue weighted by Gasteiger charge is -2.08. The molecule has 0 radical (unpaired) electrons. The molecule has 0 aliphatic carbocycles. The second-order valence-electron chi connectivity index (χ2n) is 7.61. The third-order valence-corrected chi connectivity index (χ3v) is 5.31. The molecule has 0 saturated heterocycles. The van der Waals surface area contributed by atoms with Crippen LogP contribution in [0.1, 0.15) is 11.1 Å². The summed E-state index contributed by atoms with van der Waals surface area (Å²) in [6.45, 7) is 2.62. The Hall–Kier alpha value is -3.93. The maximum Gasteiger partial charge on any atom is 0.251 e. The zero-order valence-electron chi connectivity index (χ0n) is 16.8. The number of rotatable bonds is 4. The quantitative estimate of drug-likeness (QED) is 0.497. The zero-order valence-corrected chi connectivity index (χ0v) is 16.8. The van der Waals surface area contributed by atoms with Crippen LogP contribution in [0.25, 0.3) is 33.3 Å². The van der Waals surface area contributed by atoms with Gasteiger partial charge in [0.05, 0.1) is 18.3 Å². The molecule has 0 bridgehead atoms. The lowest BCUT2D eigenvalue weighted by Crippen LogP contribution is -2.19. The van der Waals surface area contributed by atoms with Crippen LogP contribution in [0.2, 0.25) is 0 Å². The molecule has 1 N–H and O–H groups in total. The molecule has 3 heterocycles. The van der Waals surface area contributed by atoms with Crippen LogP contribution in [0.5, 0.6) is 0 Å². The molecule has 5 aromatic rings. The van der Waals surface area contributed by atoms with E-state index in [1.54, 1.807) is 21.5 Å². The van der Waals surface area contributed by atoms with Crippen molar-refractivity contribution in [1.82, 2.24) is 24.5 Å². The Morgan fingerprint density at radius 3 is 2.63 bits per heavy atom. The van der Waals surface area contributed by atoms with Gasteiger partial charge in [-0.1, -0.05) is 35.9 Å². The highest BCUT2D eigenvalue weighted by Crippen LogP contribution is 2.29. The molecule has 0 saturated carbocycles. The van der Waals surface area contributed by atoms with Crippen molar-refractivity contribution in [3.8, 4) is 22.4 Å². The highest BCUT2D eigenvalue weighted by Gasteiger charge is 2.11. The van der Waals surface area contributed by atoms with Crippen LogP contribution in [0, 0.1) is 6.92 Å². The number of benzene rings is 2. The number of aromatic amines is 1. The Balaban J connectivity index is 1.51. The van der Waals surface area contributed by atoms with Gasteiger partial charge in [0, 0.05) is 36.5 Å². The molecule has 0 spiro atoms. The van der Waals surface area contributed by atoms with E-state index in [1.807, 2.05) is 49.8 Å². The van der Waals surface area contributed by atoms with Crippen LogP contribution in [0.3, 0.4) is 0 Å². The van der Waals surface area contributed by atoms with E-state index < -0.39 is 0 Å². The lowest BCUT2D eigenvalue weighted by molar-refractivity contribution is 0.759. The van der Waals surface area contributed by atoms with Crippen molar-refractivity contribution < 1.29 is 0 Å². The van der Waals surface area contributed by atoms with Gasteiger partial charge in [0.2, 0.25) is 0 Å². The van der Waals surface area contributed by atoms with Crippen molar-refractivity contribution in [2.75, 3.05) is 0 Å². The first-order valence-electron chi connectivity index (χ1n) is 9.80. The van der Waals surface area contributed by atoms with Gasteiger partial charge in [0.15, 0.2) is 0 Å². The van der Waals surface area contributed by atoms with Crippen LogP contribution in [0.4, 0.5) is 0 Å². The molecule has 3 aromatic heterocycles. The minimum absolute atomic E-state index is 0.0196. The van der Waals surface area contributed by atoms with E-state index in [0.717, 1.165) is 38.9 Å². The molecule has 0 aliphatic rings. The average Bonchev–Trinajstić information content (AvgIpc) is 3.35. The normalized spacial score (nSPS) is 11.3. The van der Waals surface area contributed by atoms with Gasteiger partial charge < -0.3 is 4.57 Å². The average molecular weight is 395 g/mol. The van der Waals surface area contributed by atoms with Gasteiger partial charge >= 0.3 is 0 Å². The molecule has 0 aliphatic heterocycles. The second-order valence-corrected chi connectivity index (χ2v) is 7.61. The highest BCUT2D eigenvalue weighted by molar-refractivity contribution is 5.95. The van der Waals surface area contributed by atoms with E-state index >= 15 is 0 Å². The number of H-pyrrole nitrogens is 1. The third-order valence-electron chi connectivity index (χ3n) is 5.31. The Morgan fingerprint density at radius 2 is 1.87 bits per heavy atom. The van der Waals surface area contributed by atoms with Gasteiger partial charge in [-0.05, 0) is 41.8 Å². The fraction of sp³-hybridized carbons (Fsp3) is 0.125. The van der Waals surface area contributed by atoms with Crippen molar-refractivity contribution in [3.63, 3.8) is 0 Å². The molecule has 6 heteroatoms. The summed E-state index contributed by atoms with van der Waals surface area (Å²) in [5.41, 5.74) is 6.91. The van der Waals surface area contributed by atoms with Crippen molar-refractivity contribution in [1.29, 1.82) is 0 Å². The first-order valence-corrected chi connectivity index (χ1v) is 9.80. The van der Waals surface area contributed by atoms with Crippen LogP contribution < -0.4 is 5.56 Å². The molecule has 0 amide bonds. The largest absolute Gasteiger partial charge is 0.311 e. The first-order chi connectivity index (χ1) is 14.6. The predicted molar refractivity (Wildman–Crippen MR) is 118 cm³/mol. The lowest BCUT2D eigenvalue weighted by atomic mass is 10.0. The first kappa shape index (κ1) is 18.1. The Bertz CT molecular complexity index is 1420. The second kappa shape index (κ2) is 7.15.